The van der Waals surface area contributed by atoms with Gasteiger partial charge in [0.2, 0.25) is 0 Å². The number of hydrogen-bond acceptors (Lipinski definition) is 2. The Bertz CT molecular complexity index is 553. The van der Waals surface area contributed by atoms with Gasteiger partial charge in [0.1, 0.15) is 6.54 Å². The molecule has 1 amide bonds. The van der Waals surface area contributed by atoms with E-state index in [1.54, 1.807) is 0 Å². The van der Waals surface area contributed by atoms with E-state index in [1.807, 2.05) is 0 Å². The van der Waals surface area contributed by atoms with Gasteiger partial charge in [-0.25, -0.2) is 0 Å². The second-order valence-corrected chi connectivity index (χ2v) is 4.99. The first kappa shape index (κ1) is 15.3. The molecule has 0 unspecified atom stereocenters. The minimum absolute atomic E-state index is 0.141. The van der Waals surface area contributed by atoms with Crippen molar-refractivity contribution in [1.29, 1.82) is 0 Å². The third-order valence-corrected chi connectivity index (χ3v) is 3.52. The van der Waals surface area contributed by atoms with Crippen LogP contribution in [0.25, 0.3) is 0 Å². The normalized spacial score (nSPS) is 15.4. The molecule has 0 aromatic heterocycles. The predicted molar refractivity (Wildman–Crippen MR) is 67.8 cm³/mol. The summed E-state index contributed by atoms with van der Waals surface area (Å²) in [5.41, 5.74) is -1.06. The molecule has 0 heterocycles. The number of hydrogen-bond donors (Lipinski definition) is 1. The predicted octanol–water partition coefficient (Wildman–Crippen LogP) is 2.78. The summed E-state index contributed by atoms with van der Waals surface area (Å²) in [4.78, 5) is 24.3. The van der Waals surface area contributed by atoms with E-state index < -0.39 is 30.2 Å². The highest BCUT2D eigenvalue weighted by atomic mass is 19.4. The van der Waals surface area contributed by atoms with Gasteiger partial charge in [-0.3, -0.25) is 9.59 Å². The molecule has 1 aromatic rings. The molecule has 1 aliphatic carbocycles. The zero-order valence-electron chi connectivity index (χ0n) is 11.1. The van der Waals surface area contributed by atoms with Crippen LogP contribution >= 0.6 is 0 Å². The van der Waals surface area contributed by atoms with E-state index in [1.165, 1.54) is 6.07 Å². The van der Waals surface area contributed by atoms with E-state index in [0.29, 0.717) is 12.8 Å². The Morgan fingerprint density at radius 1 is 1.29 bits per heavy atom. The maximum Gasteiger partial charge on any atom is 0.416 e. The number of nitrogens with zero attached hydrogens (tertiary/aromatic N) is 1. The minimum Gasteiger partial charge on any atom is -0.480 e. The van der Waals surface area contributed by atoms with Gasteiger partial charge in [-0.15, -0.1) is 0 Å². The molecule has 114 valence electrons. The highest BCUT2D eigenvalue weighted by molar-refractivity contribution is 5.96. The van der Waals surface area contributed by atoms with Gasteiger partial charge in [-0.2, -0.15) is 13.2 Å². The lowest BCUT2D eigenvalue weighted by Gasteiger charge is -2.36. The first-order valence-electron chi connectivity index (χ1n) is 6.49. The van der Waals surface area contributed by atoms with Crippen LogP contribution in [0.2, 0.25) is 0 Å². The Morgan fingerprint density at radius 2 is 1.95 bits per heavy atom. The number of halogens is 3. The lowest BCUT2D eigenvalue weighted by atomic mass is 9.91. The van der Waals surface area contributed by atoms with Crippen LogP contribution in [0, 0.1) is 0 Å². The third kappa shape index (κ3) is 3.53. The number of carboxylic acid groups (broad SMARTS) is 1. The fourth-order valence-corrected chi connectivity index (χ4v) is 2.21. The number of carbonyl (C=O) groups excluding carboxylic acids is 1. The number of benzene rings is 1. The molecule has 1 aromatic carbocycles. The summed E-state index contributed by atoms with van der Waals surface area (Å²) in [6, 6.07) is 3.85. The molecular weight excluding hydrogens is 287 g/mol. The Kier molecular flexibility index (Phi) is 4.20. The van der Waals surface area contributed by atoms with Gasteiger partial charge in [-0.05, 0) is 37.5 Å². The highest BCUT2D eigenvalue weighted by Gasteiger charge is 2.34. The van der Waals surface area contributed by atoms with Crippen molar-refractivity contribution >= 4 is 11.9 Å². The number of amides is 1. The lowest BCUT2D eigenvalue weighted by Crippen LogP contribution is -2.46. The minimum atomic E-state index is -4.54. The van der Waals surface area contributed by atoms with Crippen molar-refractivity contribution in [2.45, 2.75) is 31.5 Å². The monoisotopic (exact) mass is 301 g/mol. The number of alkyl halides is 3. The zero-order valence-corrected chi connectivity index (χ0v) is 11.1. The van der Waals surface area contributed by atoms with Crippen molar-refractivity contribution < 1.29 is 27.9 Å². The van der Waals surface area contributed by atoms with Crippen LogP contribution in [0.3, 0.4) is 0 Å². The van der Waals surface area contributed by atoms with Crippen LogP contribution in [-0.2, 0) is 11.0 Å². The molecule has 1 fully saturated rings. The van der Waals surface area contributed by atoms with Crippen molar-refractivity contribution in [3.05, 3.63) is 35.4 Å². The van der Waals surface area contributed by atoms with Crippen LogP contribution in [0.5, 0.6) is 0 Å². The largest absolute Gasteiger partial charge is 0.480 e. The van der Waals surface area contributed by atoms with Crippen LogP contribution in [-0.4, -0.2) is 34.5 Å². The Hall–Kier alpha value is -2.05. The third-order valence-electron chi connectivity index (χ3n) is 3.52. The summed E-state index contributed by atoms with van der Waals surface area (Å²) in [5.74, 6) is -1.85. The van der Waals surface area contributed by atoms with Gasteiger partial charge in [0.25, 0.3) is 5.91 Å². The highest BCUT2D eigenvalue weighted by Crippen LogP contribution is 2.31. The second kappa shape index (κ2) is 5.75. The molecule has 0 atom stereocenters. The standard InChI is InChI=1S/C14H14F3NO3/c15-14(16,17)10-4-1-3-9(7-10)13(21)18(8-12(19)20)11-5-2-6-11/h1,3-4,7,11H,2,5-6,8H2,(H,19,20). The topological polar surface area (TPSA) is 57.6 Å². The van der Waals surface area contributed by atoms with Crippen molar-refractivity contribution in [3.8, 4) is 0 Å². The first-order chi connectivity index (χ1) is 9.79. The summed E-state index contributed by atoms with van der Waals surface area (Å²) in [7, 11) is 0. The van der Waals surface area contributed by atoms with E-state index in [4.69, 9.17) is 5.11 Å². The Balaban J connectivity index is 2.26. The quantitative estimate of drug-likeness (QED) is 0.930. The van der Waals surface area contributed by atoms with Crippen LogP contribution < -0.4 is 0 Å². The average Bonchev–Trinajstić information content (AvgIpc) is 2.33. The molecule has 1 aliphatic rings. The number of carbonyl (C=O) groups is 2. The number of carboxylic acids is 1. The molecule has 2 rings (SSSR count). The van der Waals surface area contributed by atoms with Crippen LogP contribution in [0.1, 0.15) is 35.2 Å². The Morgan fingerprint density at radius 3 is 2.43 bits per heavy atom. The van der Waals surface area contributed by atoms with Gasteiger partial charge in [0.15, 0.2) is 0 Å². The van der Waals surface area contributed by atoms with E-state index in [2.05, 4.69) is 0 Å². The van der Waals surface area contributed by atoms with Gasteiger partial charge >= 0.3 is 12.1 Å². The molecule has 0 aliphatic heterocycles. The van der Waals surface area contributed by atoms with Crippen LogP contribution in [0.15, 0.2) is 24.3 Å². The van der Waals surface area contributed by atoms with Gasteiger partial charge < -0.3 is 10.0 Å². The van der Waals surface area contributed by atoms with E-state index >= 15 is 0 Å². The van der Waals surface area contributed by atoms with Gasteiger partial charge in [0.05, 0.1) is 5.56 Å². The molecule has 1 N–H and O–H groups in total. The van der Waals surface area contributed by atoms with Crippen LogP contribution in [0.4, 0.5) is 13.2 Å². The molecule has 4 nitrogen and oxygen atoms in total. The summed E-state index contributed by atoms with van der Waals surface area (Å²) < 4.78 is 38.0. The summed E-state index contributed by atoms with van der Waals surface area (Å²) >= 11 is 0. The van der Waals surface area contributed by atoms with Crippen molar-refractivity contribution in [2.24, 2.45) is 0 Å². The summed E-state index contributed by atoms with van der Waals surface area (Å²) in [5, 5.41) is 8.86. The Labute approximate surface area is 119 Å². The number of aliphatic carboxylic acids is 1. The molecule has 1 saturated carbocycles. The number of rotatable bonds is 4. The maximum atomic E-state index is 12.7. The molecule has 21 heavy (non-hydrogen) atoms. The SMILES string of the molecule is O=C(O)CN(C(=O)c1cccc(C(F)(F)F)c1)C1CCC1. The van der Waals surface area contributed by atoms with E-state index in [9.17, 15) is 22.8 Å². The zero-order chi connectivity index (χ0) is 15.6. The van der Waals surface area contributed by atoms with Crippen molar-refractivity contribution in [3.63, 3.8) is 0 Å². The molecule has 0 spiro atoms. The van der Waals surface area contributed by atoms with Crippen molar-refractivity contribution in [1.82, 2.24) is 4.90 Å². The molecule has 0 saturated heterocycles. The second-order valence-electron chi connectivity index (χ2n) is 4.99. The molecular formula is C14H14F3NO3. The molecule has 0 radical (unpaired) electrons. The first-order valence-corrected chi connectivity index (χ1v) is 6.49. The van der Waals surface area contributed by atoms with Gasteiger partial charge in [0, 0.05) is 11.6 Å². The maximum absolute atomic E-state index is 12.7. The fourth-order valence-electron chi connectivity index (χ4n) is 2.21. The molecule has 0 bridgehead atoms. The molecule has 7 heteroatoms. The van der Waals surface area contributed by atoms with E-state index in [-0.39, 0.29) is 11.6 Å². The van der Waals surface area contributed by atoms with Gasteiger partial charge in [-0.1, -0.05) is 6.07 Å². The average molecular weight is 301 g/mol. The smallest absolute Gasteiger partial charge is 0.416 e. The summed E-state index contributed by atoms with van der Waals surface area (Å²) in [6.45, 7) is -0.500. The lowest BCUT2D eigenvalue weighted by molar-refractivity contribution is -0.139. The van der Waals surface area contributed by atoms with E-state index in [0.717, 1.165) is 29.5 Å². The van der Waals surface area contributed by atoms with Crippen molar-refractivity contribution in [2.75, 3.05) is 6.54 Å². The summed E-state index contributed by atoms with van der Waals surface area (Å²) in [6.07, 6.45) is -2.29. The fraction of sp³-hybridized carbons (Fsp3) is 0.429.